The van der Waals surface area contributed by atoms with Crippen molar-refractivity contribution >= 4 is 12.0 Å². The molecule has 0 bridgehead atoms. The third-order valence-electron chi connectivity index (χ3n) is 4.16. The number of nitrogens with zero attached hydrogens (tertiary/aromatic N) is 1. The Hall–Kier alpha value is -3.80. The van der Waals surface area contributed by atoms with Gasteiger partial charge in [0.05, 0.1) is 19.8 Å². The first-order chi connectivity index (χ1) is 14.1. The summed E-state index contributed by atoms with van der Waals surface area (Å²) in [6.07, 6.45) is 10.9. The lowest BCUT2D eigenvalue weighted by Gasteiger charge is -2.08. The molecule has 0 aliphatic heterocycles. The van der Waals surface area contributed by atoms with Crippen LogP contribution in [0.25, 0.3) is 6.08 Å². The molecule has 0 saturated carbocycles. The number of ether oxygens (including phenoxy) is 3. The second-order valence-electron chi connectivity index (χ2n) is 6.14. The van der Waals surface area contributed by atoms with Crippen LogP contribution in [0, 0.1) is 0 Å². The summed E-state index contributed by atoms with van der Waals surface area (Å²) in [5, 5.41) is 9.77. The Labute approximate surface area is 176 Å². The number of carboxylic acid groups (broad SMARTS) is 1. The van der Waals surface area contributed by atoms with Crippen molar-refractivity contribution in [2.75, 3.05) is 14.2 Å². The average molecular weight is 407 g/mol. The van der Waals surface area contributed by atoms with Crippen molar-refractivity contribution < 1.29 is 24.1 Å². The molecule has 2 aromatic rings. The molecule has 1 aliphatic carbocycles. The molecule has 1 aromatic heterocycles. The van der Waals surface area contributed by atoms with Gasteiger partial charge in [0.2, 0.25) is 5.88 Å². The van der Waals surface area contributed by atoms with Gasteiger partial charge in [-0.1, -0.05) is 31.7 Å². The molecule has 0 saturated heterocycles. The normalized spacial score (nSPS) is 13.3. The third kappa shape index (κ3) is 5.85. The number of aliphatic carboxylic acids is 1. The minimum Gasteiger partial charge on any atom is -0.497 e. The highest BCUT2D eigenvalue weighted by Gasteiger charge is 2.14. The molecule has 0 amide bonds. The Morgan fingerprint density at radius 2 is 1.83 bits per heavy atom. The zero-order valence-corrected chi connectivity index (χ0v) is 16.2. The molecule has 6 nitrogen and oxygen atoms in total. The lowest BCUT2D eigenvalue weighted by molar-refractivity contribution is -0.132. The van der Waals surface area contributed by atoms with E-state index < -0.39 is 5.97 Å². The van der Waals surface area contributed by atoms with E-state index in [1.165, 1.54) is 0 Å². The molecule has 1 aliphatic rings. The third-order valence-corrected chi connectivity index (χ3v) is 4.16. The topological polar surface area (TPSA) is 77.9 Å². The molecule has 6 heteroatoms. The minimum atomic E-state index is -1.04. The highest BCUT2D eigenvalue weighted by Crippen LogP contribution is 2.27. The zero-order valence-electron chi connectivity index (χ0n) is 16.2. The zero-order chi connectivity index (χ0) is 20.6. The molecule has 0 spiro atoms. The van der Waals surface area contributed by atoms with Crippen molar-refractivity contribution in [2.45, 2.75) is 13.8 Å². The molecule has 30 heavy (non-hydrogen) atoms. The fraction of sp³-hybridized carbons (Fsp3) is 0.167. The van der Waals surface area contributed by atoms with Gasteiger partial charge in [-0.2, -0.15) is 0 Å². The minimum absolute atomic E-state index is 0. The van der Waals surface area contributed by atoms with Crippen molar-refractivity contribution in [3.63, 3.8) is 0 Å². The van der Waals surface area contributed by atoms with Gasteiger partial charge in [-0.3, -0.25) is 0 Å². The van der Waals surface area contributed by atoms with Crippen molar-refractivity contribution in [2.24, 2.45) is 0 Å². The van der Waals surface area contributed by atoms with E-state index in [-0.39, 0.29) is 13.0 Å². The second kappa shape index (κ2) is 10.7. The van der Waals surface area contributed by atoms with Gasteiger partial charge in [-0.05, 0) is 41.5 Å². The highest BCUT2D eigenvalue weighted by molar-refractivity contribution is 5.98. The maximum absolute atomic E-state index is 11.9. The van der Waals surface area contributed by atoms with Crippen LogP contribution in [0.1, 0.15) is 19.4 Å². The summed E-state index contributed by atoms with van der Waals surface area (Å²) < 4.78 is 16.3. The largest absolute Gasteiger partial charge is 0.497 e. The van der Waals surface area contributed by atoms with Crippen LogP contribution < -0.4 is 14.2 Å². The molecule has 0 atom stereocenters. The number of methoxy groups -OCH3 is 2. The molecule has 1 aromatic carbocycles. The van der Waals surface area contributed by atoms with Gasteiger partial charge >= 0.3 is 5.97 Å². The van der Waals surface area contributed by atoms with Crippen molar-refractivity contribution in [1.29, 1.82) is 0 Å². The van der Waals surface area contributed by atoms with Crippen molar-refractivity contribution in [1.82, 2.24) is 4.98 Å². The Morgan fingerprint density at radius 1 is 1.10 bits per heavy atom. The van der Waals surface area contributed by atoms with Crippen LogP contribution in [0.15, 0.2) is 83.8 Å². The maximum Gasteiger partial charge on any atom is 0.336 e. The van der Waals surface area contributed by atoms with Crippen LogP contribution in [0.3, 0.4) is 0 Å². The van der Waals surface area contributed by atoms with E-state index in [9.17, 15) is 9.90 Å². The summed E-state index contributed by atoms with van der Waals surface area (Å²) in [6, 6.07) is 10.6. The summed E-state index contributed by atoms with van der Waals surface area (Å²) in [5.41, 5.74) is 1.36. The van der Waals surface area contributed by atoms with E-state index in [2.05, 4.69) is 4.98 Å². The van der Waals surface area contributed by atoms with Gasteiger partial charge in [-0.25, -0.2) is 9.78 Å². The number of benzene rings is 1. The Morgan fingerprint density at radius 3 is 2.43 bits per heavy atom. The molecule has 1 heterocycles. The molecule has 3 rings (SSSR count). The van der Waals surface area contributed by atoms with Gasteiger partial charge < -0.3 is 19.3 Å². The number of hydrogen-bond donors (Lipinski definition) is 1. The van der Waals surface area contributed by atoms with Gasteiger partial charge in [0.15, 0.2) is 0 Å². The molecule has 0 fully saturated rings. The van der Waals surface area contributed by atoms with E-state index in [4.69, 9.17) is 14.2 Å². The maximum atomic E-state index is 11.9. The second-order valence-corrected chi connectivity index (χ2v) is 6.14. The summed E-state index contributed by atoms with van der Waals surface area (Å²) in [4.78, 5) is 16.1. The molecular weight excluding hydrogens is 382 g/mol. The first kappa shape index (κ1) is 22.5. The molecule has 0 unspecified atom stereocenters. The van der Waals surface area contributed by atoms with Crippen molar-refractivity contribution in [3.05, 3.63) is 89.4 Å². The van der Waals surface area contributed by atoms with Crippen LogP contribution in [-0.4, -0.2) is 30.3 Å². The predicted octanol–water partition coefficient (Wildman–Crippen LogP) is 5.05. The predicted molar refractivity (Wildman–Crippen MR) is 117 cm³/mol. The monoisotopic (exact) mass is 407 g/mol. The summed E-state index contributed by atoms with van der Waals surface area (Å²) in [6.45, 7) is 0. The quantitative estimate of drug-likeness (QED) is 0.647. The van der Waals surface area contributed by atoms with E-state index in [1.54, 1.807) is 69.0 Å². The van der Waals surface area contributed by atoms with Crippen LogP contribution >= 0.6 is 0 Å². The smallest absolute Gasteiger partial charge is 0.336 e. The van der Waals surface area contributed by atoms with Crippen LogP contribution in [-0.2, 0) is 4.79 Å². The summed E-state index contributed by atoms with van der Waals surface area (Å²) in [5.74, 6) is 1.28. The number of carboxylic acids is 1. The van der Waals surface area contributed by atoms with Crippen LogP contribution in [0.4, 0.5) is 0 Å². The fourth-order valence-corrected chi connectivity index (χ4v) is 2.75. The van der Waals surface area contributed by atoms with Gasteiger partial charge in [-0.15, -0.1) is 0 Å². The number of rotatable bonds is 7. The first-order valence-electron chi connectivity index (χ1n) is 8.94. The average Bonchev–Trinajstić information content (AvgIpc) is 2.97. The van der Waals surface area contributed by atoms with E-state index >= 15 is 0 Å². The fourth-order valence-electron chi connectivity index (χ4n) is 2.75. The SMILES string of the molecule is C.COc1cc(/C=C(/C(=O)O)C2=CC=C(Oc3ccccn3)CC=C2)cc(OC)c1. The van der Waals surface area contributed by atoms with E-state index in [0.29, 0.717) is 40.7 Å². The highest BCUT2D eigenvalue weighted by atomic mass is 16.5. The van der Waals surface area contributed by atoms with Crippen LogP contribution in [0.5, 0.6) is 17.4 Å². The number of pyridine rings is 1. The van der Waals surface area contributed by atoms with Gasteiger partial charge in [0, 0.05) is 24.8 Å². The number of allylic oxidation sites excluding steroid dienone is 4. The molecule has 0 radical (unpaired) electrons. The Kier molecular flexibility index (Phi) is 7.99. The van der Waals surface area contributed by atoms with E-state index in [0.717, 1.165) is 0 Å². The molecular formula is C24H25NO5. The lowest BCUT2D eigenvalue weighted by atomic mass is 10.0. The van der Waals surface area contributed by atoms with Crippen LogP contribution in [0.2, 0.25) is 0 Å². The Bertz CT molecular complexity index is 981. The van der Waals surface area contributed by atoms with E-state index in [1.807, 2.05) is 18.2 Å². The Balaban J connectivity index is 0.00000320. The molecule has 1 N–H and O–H groups in total. The van der Waals surface area contributed by atoms with Gasteiger partial charge in [0.25, 0.3) is 0 Å². The lowest BCUT2D eigenvalue weighted by Crippen LogP contribution is -2.02. The summed E-state index contributed by atoms with van der Waals surface area (Å²) >= 11 is 0. The first-order valence-corrected chi connectivity index (χ1v) is 8.94. The molecule has 156 valence electrons. The number of carbonyl (C=O) groups is 1. The van der Waals surface area contributed by atoms with Crippen molar-refractivity contribution in [3.8, 4) is 17.4 Å². The van der Waals surface area contributed by atoms with Gasteiger partial charge in [0.1, 0.15) is 17.3 Å². The number of hydrogen-bond acceptors (Lipinski definition) is 5. The number of aromatic nitrogens is 1. The standard InChI is InChI=1S/C23H21NO5.CH4/c1-27-19-12-16(13-20(15-19)28-2)14-21(23(25)26)17-6-5-7-18(10-9-17)29-22-8-3-4-11-24-22;/h3-6,8-15H,7H2,1-2H3,(H,25,26);1H4/b21-14+;. The summed E-state index contributed by atoms with van der Waals surface area (Å²) in [7, 11) is 3.09.